The monoisotopic (exact) mass is 299 g/mol. The molecule has 1 amide bonds. The highest BCUT2D eigenvalue weighted by Crippen LogP contribution is 2.24. The minimum atomic E-state index is 0.0104. The Hall–Kier alpha value is -1.85. The Morgan fingerprint density at radius 3 is 3.14 bits per heavy atom. The van der Waals surface area contributed by atoms with Gasteiger partial charge < -0.3 is 15.0 Å². The average molecular weight is 299 g/mol. The van der Waals surface area contributed by atoms with Crippen molar-refractivity contribution in [3.8, 4) is 0 Å². The molecule has 0 spiro atoms. The van der Waals surface area contributed by atoms with Crippen molar-refractivity contribution in [3.05, 3.63) is 36.0 Å². The topological polar surface area (TPSA) is 57.4 Å². The summed E-state index contributed by atoms with van der Waals surface area (Å²) in [6.45, 7) is 4.77. The summed E-state index contributed by atoms with van der Waals surface area (Å²) < 4.78 is 5.72. The maximum atomic E-state index is 12.6. The molecule has 2 fully saturated rings. The van der Waals surface area contributed by atoms with Crippen LogP contribution < -0.4 is 5.32 Å². The van der Waals surface area contributed by atoms with Gasteiger partial charge in [0.25, 0.3) is 5.91 Å². The van der Waals surface area contributed by atoms with Crippen LogP contribution in [0.1, 0.15) is 23.7 Å². The van der Waals surface area contributed by atoms with E-state index < -0.39 is 0 Å². The maximum Gasteiger partial charge on any atom is 0.253 e. The number of hydrogen-bond donors (Lipinski definition) is 2. The number of nitrogens with one attached hydrogen (secondary N) is 2. The number of carbonyl (C=O) groups is 1. The maximum absolute atomic E-state index is 12.6. The van der Waals surface area contributed by atoms with Crippen LogP contribution in [0.25, 0.3) is 10.9 Å². The Balaban J connectivity index is 1.46. The minimum Gasteiger partial charge on any atom is -0.376 e. The van der Waals surface area contributed by atoms with Crippen molar-refractivity contribution >= 4 is 16.8 Å². The molecule has 0 saturated carbocycles. The number of hydrogen-bond acceptors (Lipinski definition) is 3. The van der Waals surface area contributed by atoms with Gasteiger partial charge in [-0.25, -0.2) is 0 Å². The number of para-hydroxylation sites is 1. The van der Waals surface area contributed by atoms with E-state index in [1.165, 1.54) is 0 Å². The van der Waals surface area contributed by atoms with Crippen molar-refractivity contribution < 1.29 is 9.53 Å². The number of nitrogens with zero attached hydrogens (tertiary/aromatic N) is 1. The van der Waals surface area contributed by atoms with Gasteiger partial charge in [-0.2, -0.15) is 0 Å². The van der Waals surface area contributed by atoms with E-state index in [9.17, 15) is 4.79 Å². The highest BCUT2D eigenvalue weighted by atomic mass is 16.5. The number of rotatable bonds is 2. The smallest absolute Gasteiger partial charge is 0.253 e. The molecule has 116 valence electrons. The SMILES string of the molecule is C[C@H]1CN2C[C@H](NC(=O)c3c[nH]c4ccccc34)C[C@H]2CO1. The molecule has 2 aliphatic rings. The Labute approximate surface area is 129 Å². The second kappa shape index (κ2) is 5.41. The lowest BCUT2D eigenvalue weighted by molar-refractivity contribution is -0.0390. The van der Waals surface area contributed by atoms with E-state index in [1.54, 1.807) is 6.20 Å². The van der Waals surface area contributed by atoms with E-state index in [0.29, 0.717) is 12.1 Å². The summed E-state index contributed by atoms with van der Waals surface area (Å²) in [6.07, 6.45) is 3.06. The summed E-state index contributed by atoms with van der Waals surface area (Å²) in [4.78, 5) is 18.2. The van der Waals surface area contributed by atoms with Crippen molar-refractivity contribution in [2.75, 3.05) is 19.7 Å². The van der Waals surface area contributed by atoms with Crippen molar-refractivity contribution in [1.29, 1.82) is 0 Å². The third-order valence-electron chi connectivity index (χ3n) is 4.76. The molecule has 3 heterocycles. The zero-order valence-electron chi connectivity index (χ0n) is 12.7. The molecule has 5 heteroatoms. The average Bonchev–Trinajstić information content (AvgIpc) is 3.09. The molecule has 2 aromatic rings. The molecular formula is C17H21N3O2. The van der Waals surface area contributed by atoms with Crippen molar-refractivity contribution in [1.82, 2.24) is 15.2 Å². The summed E-state index contributed by atoms with van der Waals surface area (Å²) in [7, 11) is 0. The molecule has 1 aromatic heterocycles. The van der Waals surface area contributed by atoms with Crippen LogP contribution in [-0.4, -0.2) is 53.7 Å². The van der Waals surface area contributed by atoms with E-state index in [-0.39, 0.29) is 11.9 Å². The third-order valence-corrected chi connectivity index (χ3v) is 4.76. The van der Waals surface area contributed by atoms with Crippen molar-refractivity contribution in [3.63, 3.8) is 0 Å². The Morgan fingerprint density at radius 2 is 2.23 bits per heavy atom. The molecule has 0 bridgehead atoms. The second-order valence-corrected chi connectivity index (χ2v) is 6.41. The summed E-state index contributed by atoms with van der Waals surface area (Å²) in [5, 5.41) is 4.17. The summed E-state index contributed by atoms with van der Waals surface area (Å²) in [6, 6.07) is 8.55. The molecule has 2 N–H and O–H groups in total. The van der Waals surface area contributed by atoms with Gasteiger partial charge in [0.15, 0.2) is 0 Å². The van der Waals surface area contributed by atoms with E-state index in [4.69, 9.17) is 4.74 Å². The number of morpholine rings is 1. The van der Waals surface area contributed by atoms with Gasteiger partial charge >= 0.3 is 0 Å². The highest BCUT2D eigenvalue weighted by Gasteiger charge is 2.36. The van der Waals surface area contributed by atoms with E-state index in [2.05, 4.69) is 22.1 Å². The second-order valence-electron chi connectivity index (χ2n) is 6.41. The van der Waals surface area contributed by atoms with Crippen molar-refractivity contribution in [2.24, 2.45) is 0 Å². The van der Waals surface area contributed by atoms with Crippen LogP contribution in [0, 0.1) is 0 Å². The number of benzene rings is 1. The van der Waals surface area contributed by atoms with Gasteiger partial charge in [-0.1, -0.05) is 18.2 Å². The first-order chi connectivity index (χ1) is 10.7. The number of H-pyrrole nitrogens is 1. The summed E-state index contributed by atoms with van der Waals surface area (Å²) in [5.74, 6) is 0.0104. The first-order valence-electron chi connectivity index (χ1n) is 7.93. The lowest BCUT2D eigenvalue weighted by Gasteiger charge is -2.33. The number of amides is 1. The summed E-state index contributed by atoms with van der Waals surface area (Å²) in [5.41, 5.74) is 1.73. The van der Waals surface area contributed by atoms with Crippen LogP contribution in [0.4, 0.5) is 0 Å². The first kappa shape index (κ1) is 13.8. The molecular weight excluding hydrogens is 278 g/mol. The molecule has 0 radical (unpaired) electrons. The fraction of sp³-hybridized carbons (Fsp3) is 0.471. The predicted molar refractivity (Wildman–Crippen MR) is 84.9 cm³/mol. The molecule has 2 aliphatic heterocycles. The number of aromatic amines is 1. The third kappa shape index (κ3) is 2.40. The van der Waals surface area contributed by atoms with Crippen LogP contribution in [0.3, 0.4) is 0 Å². The van der Waals surface area contributed by atoms with Gasteiger partial charge in [-0.15, -0.1) is 0 Å². The van der Waals surface area contributed by atoms with Gasteiger partial charge in [-0.3, -0.25) is 9.69 Å². The fourth-order valence-corrected chi connectivity index (χ4v) is 3.67. The molecule has 2 saturated heterocycles. The standard InChI is InChI=1S/C17H21N3O2/c1-11-8-20-9-12(6-13(20)10-22-11)19-17(21)15-7-18-16-5-3-2-4-14(15)16/h2-5,7,11-13,18H,6,8-10H2,1H3,(H,19,21)/t11-,12+,13-/m0/s1. The van der Waals surface area contributed by atoms with Crippen LogP contribution in [0.15, 0.2) is 30.5 Å². The van der Waals surface area contributed by atoms with Gasteiger partial charge in [-0.05, 0) is 19.4 Å². The number of carbonyl (C=O) groups excluding carboxylic acids is 1. The lowest BCUT2D eigenvalue weighted by Crippen LogP contribution is -2.45. The molecule has 22 heavy (non-hydrogen) atoms. The molecule has 1 aromatic carbocycles. The predicted octanol–water partition coefficient (Wildman–Crippen LogP) is 1.76. The fourth-order valence-electron chi connectivity index (χ4n) is 3.67. The van der Waals surface area contributed by atoms with Crippen LogP contribution in [0.2, 0.25) is 0 Å². The Kier molecular flexibility index (Phi) is 3.39. The van der Waals surface area contributed by atoms with E-state index in [0.717, 1.165) is 42.6 Å². The van der Waals surface area contributed by atoms with Gasteiger partial charge in [0, 0.05) is 42.3 Å². The van der Waals surface area contributed by atoms with Crippen LogP contribution in [-0.2, 0) is 4.74 Å². The largest absolute Gasteiger partial charge is 0.376 e. The number of fused-ring (bicyclic) bond motifs is 2. The molecule has 0 unspecified atom stereocenters. The zero-order valence-corrected chi connectivity index (χ0v) is 12.7. The van der Waals surface area contributed by atoms with Crippen LogP contribution >= 0.6 is 0 Å². The van der Waals surface area contributed by atoms with Crippen LogP contribution in [0.5, 0.6) is 0 Å². The van der Waals surface area contributed by atoms with Gasteiger partial charge in [0.1, 0.15) is 0 Å². The molecule has 3 atom stereocenters. The normalized spacial score (nSPS) is 28.7. The summed E-state index contributed by atoms with van der Waals surface area (Å²) >= 11 is 0. The molecule has 4 rings (SSSR count). The van der Waals surface area contributed by atoms with Gasteiger partial charge in [0.05, 0.1) is 18.3 Å². The van der Waals surface area contributed by atoms with Gasteiger partial charge in [0.2, 0.25) is 0 Å². The van der Waals surface area contributed by atoms with E-state index in [1.807, 2.05) is 24.3 Å². The number of aromatic nitrogens is 1. The number of ether oxygens (including phenoxy) is 1. The quantitative estimate of drug-likeness (QED) is 0.888. The van der Waals surface area contributed by atoms with E-state index >= 15 is 0 Å². The minimum absolute atomic E-state index is 0.0104. The zero-order chi connectivity index (χ0) is 15.1. The Morgan fingerprint density at radius 1 is 1.36 bits per heavy atom. The lowest BCUT2D eigenvalue weighted by atomic mass is 10.1. The van der Waals surface area contributed by atoms with Crippen molar-refractivity contribution in [2.45, 2.75) is 31.5 Å². The highest BCUT2D eigenvalue weighted by molar-refractivity contribution is 6.06. The molecule has 0 aliphatic carbocycles. The first-order valence-corrected chi connectivity index (χ1v) is 7.93. The molecule has 5 nitrogen and oxygen atoms in total. The Bertz CT molecular complexity index is 696.